The minimum Gasteiger partial charge on any atom is -0.539 e. The van der Waals surface area contributed by atoms with Crippen LogP contribution in [0.5, 0.6) is 0 Å². The molecule has 0 spiro atoms. The van der Waals surface area contributed by atoms with E-state index in [-0.39, 0.29) is 4.65 Å². The monoisotopic (exact) mass is 333 g/mol. The lowest BCUT2D eigenvalue weighted by molar-refractivity contribution is -0.306. The number of hydroxylamine groups is 2. The standard InChI is InChI=1S/C16H19N3O5/c1-12-2-3-14(13(10-12)18-5-8-23-9-6-18)19(7-4-17-11-19)24-16(22)15(20)21/h2-3,10-11H,4-9H2,1H3. The van der Waals surface area contributed by atoms with Gasteiger partial charge in [-0.3, -0.25) is 4.84 Å². The van der Waals surface area contributed by atoms with Crippen molar-refractivity contribution < 1.29 is 24.3 Å². The predicted molar refractivity (Wildman–Crippen MR) is 85.3 cm³/mol. The van der Waals surface area contributed by atoms with E-state index in [0.29, 0.717) is 45.1 Å². The minimum absolute atomic E-state index is 0.347. The summed E-state index contributed by atoms with van der Waals surface area (Å²) in [5.74, 6) is -3.27. The highest BCUT2D eigenvalue weighted by Crippen LogP contribution is 2.36. The van der Waals surface area contributed by atoms with E-state index in [1.807, 2.05) is 25.1 Å². The van der Waals surface area contributed by atoms with Crippen molar-refractivity contribution in [1.82, 2.24) is 4.65 Å². The van der Waals surface area contributed by atoms with Crippen molar-refractivity contribution >= 4 is 29.7 Å². The van der Waals surface area contributed by atoms with E-state index in [1.165, 1.54) is 6.34 Å². The number of anilines is 1. The molecule has 2 aliphatic rings. The highest BCUT2D eigenvalue weighted by Gasteiger charge is 2.41. The van der Waals surface area contributed by atoms with Gasteiger partial charge in [-0.15, -0.1) is 0 Å². The first kappa shape index (κ1) is 16.4. The van der Waals surface area contributed by atoms with Gasteiger partial charge in [0, 0.05) is 19.2 Å². The number of carboxylic acids is 1. The molecule has 0 aromatic heterocycles. The van der Waals surface area contributed by atoms with Gasteiger partial charge in [-0.25, -0.2) is 9.79 Å². The second-order valence-electron chi connectivity index (χ2n) is 5.80. The van der Waals surface area contributed by atoms with Gasteiger partial charge >= 0.3 is 5.97 Å². The topological polar surface area (TPSA) is 91.3 Å². The number of aliphatic imine (C=N–C) groups is 1. The van der Waals surface area contributed by atoms with E-state index in [9.17, 15) is 14.7 Å². The third-order valence-electron chi connectivity index (χ3n) is 4.13. The van der Waals surface area contributed by atoms with E-state index in [0.717, 1.165) is 11.3 Å². The molecule has 0 bridgehead atoms. The van der Waals surface area contributed by atoms with Gasteiger partial charge in [0.05, 0.1) is 19.8 Å². The molecule has 2 aliphatic heterocycles. The summed E-state index contributed by atoms with van der Waals surface area (Å²) >= 11 is 0. The molecule has 2 heterocycles. The maximum absolute atomic E-state index is 11.6. The number of carbonyl (C=O) groups is 2. The lowest BCUT2D eigenvalue weighted by Gasteiger charge is -2.34. The van der Waals surface area contributed by atoms with Gasteiger partial charge < -0.3 is 19.5 Å². The molecule has 0 N–H and O–H groups in total. The number of benzene rings is 1. The molecule has 1 aromatic rings. The molecule has 1 saturated heterocycles. The Kier molecular flexibility index (Phi) is 4.50. The zero-order valence-corrected chi connectivity index (χ0v) is 13.4. The van der Waals surface area contributed by atoms with Gasteiger partial charge in [0.1, 0.15) is 12.2 Å². The SMILES string of the molecule is Cc1ccc([N+]2(OC(=O)C(=O)[O-])C=NCC2)c(N2CCOCC2)c1. The van der Waals surface area contributed by atoms with Crippen LogP contribution in [-0.2, 0) is 19.2 Å². The molecule has 0 aliphatic carbocycles. The Morgan fingerprint density at radius 3 is 2.71 bits per heavy atom. The number of carboxylic acid groups (broad SMARTS) is 1. The van der Waals surface area contributed by atoms with Crippen LogP contribution in [0, 0.1) is 6.92 Å². The van der Waals surface area contributed by atoms with Crippen LogP contribution in [0.25, 0.3) is 0 Å². The lowest BCUT2D eigenvalue weighted by atomic mass is 10.1. The fraction of sp³-hybridized carbons (Fsp3) is 0.438. The molecule has 1 fully saturated rings. The first-order chi connectivity index (χ1) is 11.5. The highest BCUT2D eigenvalue weighted by molar-refractivity contribution is 6.27. The zero-order valence-electron chi connectivity index (χ0n) is 13.4. The van der Waals surface area contributed by atoms with Gasteiger partial charge in [0.15, 0.2) is 5.97 Å². The van der Waals surface area contributed by atoms with E-state index in [1.54, 1.807) is 0 Å². The summed E-state index contributed by atoms with van der Waals surface area (Å²) in [4.78, 5) is 34.0. The number of quaternary nitrogens is 1. The largest absolute Gasteiger partial charge is 0.539 e. The van der Waals surface area contributed by atoms with Crippen LogP contribution >= 0.6 is 0 Å². The molecular formula is C16H19N3O5. The van der Waals surface area contributed by atoms with E-state index >= 15 is 0 Å². The van der Waals surface area contributed by atoms with Crippen molar-refractivity contribution in [2.75, 3.05) is 44.3 Å². The van der Waals surface area contributed by atoms with Crippen LogP contribution in [0.4, 0.5) is 11.4 Å². The summed E-state index contributed by atoms with van der Waals surface area (Å²) in [6.07, 6.45) is 1.47. The van der Waals surface area contributed by atoms with Crippen LogP contribution in [-0.4, -0.2) is 57.7 Å². The van der Waals surface area contributed by atoms with Crippen molar-refractivity contribution in [3.63, 3.8) is 0 Å². The number of ether oxygens (including phenoxy) is 1. The Morgan fingerprint density at radius 1 is 1.33 bits per heavy atom. The van der Waals surface area contributed by atoms with Crippen molar-refractivity contribution in [3.8, 4) is 0 Å². The Bertz CT molecular complexity index is 684. The molecule has 128 valence electrons. The summed E-state index contributed by atoms with van der Waals surface area (Å²) in [5, 5.41) is 10.8. The third kappa shape index (κ3) is 3.10. The molecule has 8 nitrogen and oxygen atoms in total. The number of morpholine rings is 1. The summed E-state index contributed by atoms with van der Waals surface area (Å²) in [6, 6.07) is 5.75. The quantitative estimate of drug-likeness (QED) is 0.541. The van der Waals surface area contributed by atoms with E-state index < -0.39 is 11.9 Å². The summed E-state index contributed by atoms with van der Waals surface area (Å²) in [7, 11) is 0. The number of carbonyl (C=O) groups excluding carboxylic acids is 2. The number of aryl methyl sites for hydroxylation is 1. The van der Waals surface area contributed by atoms with Gasteiger partial charge in [0.25, 0.3) is 0 Å². The average molecular weight is 333 g/mol. The number of hydrogen-bond donors (Lipinski definition) is 0. The smallest absolute Gasteiger partial charge is 0.414 e. The van der Waals surface area contributed by atoms with Crippen LogP contribution in [0.2, 0.25) is 0 Å². The summed E-state index contributed by atoms with van der Waals surface area (Å²) < 4.78 is 5.02. The molecule has 1 aromatic carbocycles. The van der Waals surface area contributed by atoms with Crippen molar-refractivity contribution in [1.29, 1.82) is 0 Å². The minimum atomic E-state index is -1.87. The average Bonchev–Trinajstić information content (AvgIpc) is 3.05. The summed E-state index contributed by atoms with van der Waals surface area (Å²) in [6.45, 7) is 5.41. The van der Waals surface area contributed by atoms with Crippen molar-refractivity contribution in [3.05, 3.63) is 23.8 Å². The molecule has 0 saturated carbocycles. The zero-order chi connectivity index (χ0) is 17.2. The third-order valence-corrected chi connectivity index (χ3v) is 4.13. The number of nitrogens with zero attached hydrogens (tertiary/aromatic N) is 3. The Hall–Kier alpha value is -2.45. The molecular weight excluding hydrogens is 314 g/mol. The second kappa shape index (κ2) is 6.58. The molecule has 1 unspecified atom stereocenters. The van der Waals surface area contributed by atoms with Crippen LogP contribution < -0.4 is 14.7 Å². The Morgan fingerprint density at radius 2 is 2.08 bits per heavy atom. The molecule has 24 heavy (non-hydrogen) atoms. The van der Waals surface area contributed by atoms with E-state index in [2.05, 4.69) is 9.89 Å². The van der Waals surface area contributed by atoms with Crippen LogP contribution in [0.1, 0.15) is 5.56 Å². The number of hydrogen-bond acceptors (Lipinski definition) is 7. The van der Waals surface area contributed by atoms with Gasteiger partial charge in [-0.2, -0.15) is 0 Å². The fourth-order valence-electron chi connectivity index (χ4n) is 2.95. The van der Waals surface area contributed by atoms with E-state index in [4.69, 9.17) is 9.57 Å². The molecule has 8 heteroatoms. The summed E-state index contributed by atoms with van der Waals surface area (Å²) in [5.41, 5.74) is 2.62. The lowest BCUT2D eigenvalue weighted by Crippen LogP contribution is -2.52. The molecule has 0 radical (unpaired) electrons. The first-order valence-electron chi connectivity index (χ1n) is 7.79. The fourth-order valence-corrected chi connectivity index (χ4v) is 2.95. The van der Waals surface area contributed by atoms with Gasteiger partial charge in [-0.1, -0.05) is 10.7 Å². The predicted octanol–water partition coefficient (Wildman–Crippen LogP) is -0.611. The molecule has 1 atom stereocenters. The number of aliphatic carboxylic acids is 1. The maximum atomic E-state index is 11.6. The molecule has 0 amide bonds. The Balaban J connectivity index is 2.03. The normalized spacial score (nSPS) is 23.3. The number of rotatable bonds is 3. The molecule has 3 rings (SSSR count). The van der Waals surface area contributed by atoms with Crippen LogP contribution in [0.3, 0.4) is 0 Å². The Labute approximate surface area is 139 Å². The second-order valence-corrected chi connectivity index (χ2v) is 5.80. The van der Waals surface area contributed by atoms with Crippen LogP contribution in [0.15, 0.2) is 23.2 Å². The first-order valence-corrected chi connectivity index (χ1v) is 7.79. The van der Waals surface area contributed by atoms with Crippen molar-refractivity contribution in [2.24, 2.45) is 4.99 Å². The van der Waals surface area contributed by atoms with Gasteiger partial charge in [-0.05, 0) is 18.6 Å². The van der Waals surface area contributed by atoms with Gasteiger partial charge in [0.2, 0.25) is 12.0 Å². The highest BCUT2D eigenvalue weighted by atomic mass is 16.8. The van der Waals surface area contributed by atoms with Crippen molar-refractivity contribution in [2.45, 2.75) is 6.92 Å². The maximum Gasteiger partial charge on any atom is 0.414 e.